The van der Waals surface area contributed by atoms with Crippen LogP contribution in [0, 0.1) is 0 Å². The van der Waals surface area contributed by atoms with E-state index in [0.717, 1.165) is 12.1 Å². The van der Waals surface area contributed by atoms with E-state index >= 15 is 0 Å². The zero-order chi connectivity index (χ0) is 16.1. The number of carbonyl (C=O) groups excluding carboxylic acids is 1. The molecule has 0 saturated carbocycles. The Morgan fingerprint density at radius 3 is 2.20 bits per heavy atom. The second kappa shape index (κ2) is 10.3. The van der Waals surface area contributed by atoms with Crippen LogP contribution >= 0.6 is 24.8 Å². The molecular weight excluding hydrogens is 357 g/mol. The van der Waals surface area contributed by atoms with E-state index in [1.807, 2.05) is 12.1 Å². The van der Waals surface area contributed by atoms with E-state index in [1.54, 1.807) is 12.1 Å². The van der Waals surface area contributed by atoms with Gasteiger partial charge in [0.05, 0.1) is 5.56 Å². The van der Waals surface area contributed by atoms with Crippen molar-refractivity contribution in [1.29, 1.82) is 0 Å². The third kappa shape index (κ3) is 5.92. The molecule has 3 N–H and O–H groups in total. The van der Waals surface area contributed by atoms with Crippen molar-refractivity contribution < 1.29 is 4.79 Å². The van der Waals surface area contributed by atoms with E-state index in [0.29, 0.717) is 17.8 Å². The van der Waals surface area contributed by atoms with Gasteiger partial charge in [0.1, 0.15) is 0 Å². The monoisotopic (exact) mass is 381 g/mol. The Balaban J connectivity index is 0.00000156. The summed E-state index contributed by atoms with van der Waals surface area (Å²) in [5.74, 6) is -0.135. The first-order valence-corrected chi connectivity index (χ1v) is 8.15. The summed E-state index contributed by atoms with van der Waals surface area (Å²) >= 11 is 0. The molecule has 0 atom stereocenters. The van der Waals surface area contributed by atoms with Gasteiger partial charge in [0.2, 0.25) is 0 Å². The van der Waals surface area contributed by atoms with Crippen molar-refractivity contribution in [3.05, 3.63) is 65.2 Å². The van der Waals surface area contributed by atoms with Crippen LogP contribution in [0.15, 0.2) is 48.5 Å². The average Bonchev–Trinajstić information content (AvgIpc) is 3.07. The van der Waals surface area contributed by atoms with Crippen molar-refractivity contribution in [2.45, 2.75) is 25.9 Å². The van der Waals surface area contributed by atoms with Gasteiger partial charge in [0.25, 0.3) is 5.91 Å². The van der Waals surface area contributed by atoms with Gasteiger partial charge < -0.3 is 11.1 Å². The first-order chi connectivity index (χ1) is 11.2. The Morgan fingerprint density at radius 2 is 1.56 bits per heavy atom. The van der Waals surface area contributed by atoms with E-state index in [4.69, 9.17) is 5.73 Å². The molecule has 0 aliphatic carbocycles. The summed E-state index contributed by atoms with van der Waals surface area (Å²) in [4.78, 5) is 14.6. The number of hydrogen-bond donors (Lipinski definition) is 2. The second-order valence-corrected chi connectivity index (χ2v) is 6.07. The van der Waals surface area contributed by atoms with Gasteiger partial charge in [-0.1, -0.05) is 36.4 Å². The lowest BCUT2D eigenvalue weighted by Crippen LogP contribution is -2.23. The highest BCUT2D eigenvalue weighted by atomic mass is 35.5. The molecule has 0 radical (unpaired) electrons. The summed E-state index contributed by atoms with van der Waals surface area (Å²) in [6.07, 6.45) is 2.62. The van der Waals surface area contributed by atoms with Gasteiger partial charge in [0.15, 0.2) is 0 Å². The van der Waals surface area contributed by atoms with Gasteiger partial charge in [-0.05, 0) is 49.2 Å². The van der Waals surface area contributed by atoms with E-state index in [9.17, 15) is 4.79 Å². The zero-order valence-electron chi connectivity index (χ0n) is 14.1. The number of halogens is 2. The minimum atomic E-state index is -0.135. The minimum absolute atomic E-state index is 0. The molecule has 0 bridgehead atoms. The standard InChI is InChI=1S/C19H23N3O.2ClH/c20-18-6-2-1-5-17(18)19(23)21-13-15-7-9-16(10-8-15)14-22-11-3-4-12-22;;/h1-2,5-10H,3-4,11-14,20H2,(H,21,23);2*1H. The molecule has 0 unspecified atom stereocenters. The second-order valence-electron chi connectivity index (χ2n) is 6.07. The predicted octanol–water partition coefficient (Wildman–Crippen LogP) is 3.64. The molecule has 0 aromatic heterocycles. The SMILES string of the molecule is Cl.Cl.Nc1ccccc1C(=O)NCc1ccc(CN2CCCC2)cc1. The van der Waals surface area contributed by atoms with Crippen molar-refractivity contribution in [1.82, 2.24) is 10.2 Å². The number of anilines is 1. The van der Waals surface area contributed by atoms with Crippen molar-refractivity contribution >= 4 is 36.4 Å². The number of benzene rings is 2. The van der Waals surface area contributed by atoms with E-state index < -0.39 is 0 Å². The number of nitrogens with one attached hydrogen (secondary N) is 1. The van der Waals surface area contributed by atoms with Crippen molar-refractivity contribution in [2.75, 3.05) is 18.8 Å². The lowest BCUT2D eigenvalue weighted by Gasteiger charge is -2.14. The fourth-order valence-corrected chi connectivity index (χ4v) is 2.94. The summed E-state index contributed by atoms with van der Waals surface area (Å²) < 4.78 is 0. The minimum Gasteiger partial charge on any atom is -0.398 e. The molecule has 25 heavy (non-hydrogen) atoms. The molecule has 3 rings (SSSR count). The summed E-state index contributed by atoms with van der Waals surface area (Å²) in [6.45, 7) is 3.94. The Hall–Kier alpha value is -1.75. The Morgan fingerprint density at radius 1 is 0.960 bits per heavy atom. The molecule has 2 aromatic rings. The largest absolute Gasteiger partial charge is 0.398 e. The molecule has 4 nitrogen and oxygen atoms in total. The number of hydrogen-bond acceptors (Lipinski definition) is 3. The highest BCUT2D eigenvalue weighted by Gasteiger charge is 2.12. The summed E-state index contributed by atoms with van der Waals surface area (Å²) in [6, 6.07) is 15.6. The molecule has 136 valence electrons. The number of nitrogens with zero attached hydrogens (tertiary/aromatic N) is 1. The molecule has 6 heteroatoms. The Kier molecular flexibility index (Phi) is 8.76. The van der Waals surface area contributed by atoms with Crippen LogP contribution in [-0.4, -0.2) is 23.9 Å². The van der Waals surface area contributed by atoms with E-state index in [1.165, 1.54) is 31.5 Å². The maximum atomic E-state index is 12.1. The normalized spacial score (nSPS) is 13.6. The number of carbonyl (C=O) groups is 1. The fourth-order valence-electron chi connectivity index (χ4n) is 2.94. The highest BCUT2D eigenvalue weighted by Crippen LogP contribution is 2.14. The number of amides is 1. The number of para-hydroxylation sites is 1. The van der Waals surface area contributed by atoms with Gasteiger partial charge in [0, 0.05) is 18.8 Å². The van der Waals surface area contributed by atoms with Crippen molar-refractivity contribution in [3.63, 3.8) is 0 Å². The van der Waals surface area contributed by atoms with Crippen LogP contribution < -0.4 is 11.1 Å². The molecule has 1 amide bonds. The topological polar surface area (TPSA) is 58.4 Å². The van der Waals surface area contributed by atoms with Gasteiger partial charge in [-0.3, -0.25) is 9.69 Å². The van der Waals surface area contributed by atoms with E-state index in [-0.39, 0.29) is 30.7 Å². The van der Waals surface area contributed by atoms with Crippen molar-refractivity contribution in [3.8, 4) is 0 Å². The quantitative estimate of drug-likeness (QED) is 0.777. The van der Waals surface area contributed by atoms with Crippen LogP contribution in [0.2, 0.25) is 0 Å². The molecule has 1 fully saturated rings. The van der Waals surface area contributed by atoms with Crippen LogP contribution in [-0.2, 0) is 13.1 Å². The maximum Gasteiger partial charge on any atom is 0.253 e. The third-order valence-corrected chi connectivity index (χ3v) is 4.29. The number of rotatable bonds is 5. The lowest BCUT2D eigenvalue weighted by atomic mass is 10.1. The molecule has 1 saturated heterocycles. The van der Waals surface area contributed by atoms with Crippen LogP contribution in [0.1, 0.15) is 34.3 Å². The van der Waals surface area contributed by atoms with Gasteiger partial charge in [-0.25, -0.2) is 0 Å². The zero-order valence-corrected chi connectivity index (χ0v) is 15.7. The average molecular weight is 382 g/mol. The van der Waals surface area contributed by atoms with Gasteiger partial charge in [-0.2, -0.15) is 0 Å². The van der Waals surface area contributed by atoms with Crippen LogP contribution in [0.4, 0.5) is 5.69 Å². The Bertz CT molecular complexity index is 671. The van der Waals surface area contributed by atoms with E-state index in [2.05, 4.69) is 34.5 Å². The number of nitrogens with two attached hydrogens (primary N) is 1. The maximum absolute atomic E-state index is 12.1. The molecule has 0 spiro atoms. The van der Waals surface area contributed by atoms with Gasteiger partial charge in [-0.15, -0.1) is 24.8 Å². The van der Waals surface area contributed by atoms with Crippen LogP contribution in [0.25, 0.3) is 0 Å². The molecule has 1 aliphatic heterocycles. The first-order valence-electron chi connectivity index (χ1n) is 8.15. The van der Waals surface area contributed by atoms with Crippen LogP contribution in [0.3, 0.4) is 0 Å². The molecule has 1 aliphatic rings. The number of nitrogen functional groups attached to an aromatic ring is 1. The molecule has 1 heterocycles. The summed E-state index contributed by atoms with van der Waals surface area (Å²) in [5, 5.41) is 2.92. The van der Waals surface area contributed by atoms with Crippen LogP contribution in [0.5, 0.6) is 0 Å². The first kappa shape index (κ1) is 21.3. The lowest BCUT2D eigenvalue weighted by molar-refractivity contribution is 0.0952. The third-order valence-electron chi connectivity index (χ3n) is 4.29. The molecular formula is C19H25Cl2N3O. The Labute approximate surface area is 161 Å². The molecule has 2 aromatic carbocycles. The number of likely N-dealkylation sites (tertiary alicyclic amines) is 1. The van der Waals surface area contributed by atoms with Gasteiger partial charge >= 0.3 is 0 Å². The highest BCUT2D eigenvalue weighted by molar-refractivity contribution is 5.98. The summed E-state index contributed by atoms with van der Waals surface area (Å²) in [5.41, 5.74) is 9.28. The smallest absolute Gasteiger partial charge is 0.253 e. The predicted molar refractivity (Wildman–Crippen MR) is 107 cm³/mol. The summed E-state index contributed by atoms with van der Waals surface area (Å²) in [7, 11) is 0. The fraction of sp³-hybridized carbons (Fsp3) is 0.316. The van der Waals surface area contributed by atoms with Crippen molar-refractivity contribution in [2.24, 2.45) is 0 Å².